The summed E-state index contributed by atoms with van der Waals surface area (Å²) in [6, 6.07) is 17.4. The van der Waals surface area contributed by atoms with Gasteiger partial charge in [0, 0.05) is 11.3 Å². The van der Waals surface area contributed by atoms with Crippen molar-refractivity contribution >= 4 is 45.2 Å². The van der Waals surface area contributed by atoms with Gasteiger partial charge in [0.05, 0.1) is 16.1 Å². The van der Waals surface area contributed by atoms with Gasteiger partial charge in [-0.25, -0.2) is 4.79 Å². The van der Waals surface area contributed by atoms with E-state index >= 15 is 0 Å². The van der Waals surface area contributed by atoms with E-state index in [4.69, 9.17) is 21.0 Å². The predicted octanol–water partition coefficient (Wildman–Crippen LogP) is 4.43. The molecular weight excluding hydrogens is 516 g/mol. The Balaban J connectivity index is 1.56. The smallest absolute Gasteiger partial charge is 0.335 e. The van der Waals surface area contributed by atoms with Crippen LogP contribution in [0.25, 0.3) is 0 Å². The van der Waals surface area contributed by atoms with Gasteiger partial charge in [-0.15, -0.1) is 0 Å². The first-order valence-corrected chi connectivity index (χ1v) is 11.3. The molecule has 0 spiro atoms. The van der Waals surface area contributed by atoms with Crippen LogP contribution >= 0.6 is 15.9 Å². The number of nitrogens with two attached hydrogens (primary N) is 1. The summed E-state index contributed by atoms with van der Waals surface area (Å²) in [6.07, 6.45) is -0.360. The molecule has 3 rings (SSSR count). The van der Waals surface area contributed by atoms with Gasteiger partial charge in [0.25, 0.3) is 0 Å². The summed E-state index contributed by atoms with van der Waals surface area (Å²) in [5, 5.41) is 21.9. The Morgan fingerprint density at radius 1 is 1.03 bits per heavy atom. The van der Waals surface area contributed by atoms with Gasteiger partial charge in [-0.05, 0) is 83.0 Å². The number of amidine groups is 1. The van der Waals surface area contributed by atoms with E-state index in [0.717, 1.165) is 5.56 Å². The third-order valence-electron chi connectivity index (χ3n) is 4.94. The van der Waals surface area contributed by atoms with Crippen LogP contribution in [0.3, 0.4) is 0 Å². The average molecular weight is 539 g/mol. The summed E-state index contributed by atoms with van der Waals surface area (Å²) in [5.41, 5.74) is 7.32. The molecule has 3 aromatic carbocycles. The minimum atomic E-state index is -1.05. The minimum absolute atomic E-state index is 0.0742. The highest BCUT2D eigenvalue weighted by Crippen LogP contribution is 2.32. The molecule has 0 heterocycles. The quantitative estimate of drug-likeness (QED) is 0.154. The van der Waals surface area contributed by atoms with Crippen molar-refractivity contribution in [1.82, 2.24) is 5.32 Å². The second-order valence-electron chi connectivity index (χ2n) is 7.63. The van der Waals surface area contributed by atoms with Crippen LogP contribution in [0.15, 0.2) is 71.2 Å². The fourth-order valence-electron chi connectivity index (χ4n) is 3.15. The van der Waals surface area contributed by atoms with Gasteiger partial charge in [-0.2, -0.15) is 0 Å². The van der Waals surface area contributed by atoms with Crippen LogP contribution in [0, 0.1) is 5.41 Å². The molecule has 0 aliphatic rings. The predicted molar refractivity (Wildman–Crippen MR) is 135 cm³/mol. The number of aromatic carboxylic acids is 1. The topological polar surface area (TPSA) is 155 Å². The lowest BCUT2D eigenvalue weighted by Crippen LogP contribution is -2.30. The van der Waals surface area contributed by atoms with E-state index in [2.05, 4.69) is 26.6 Å². The first-order valence-electron chi connectivity index (χ1n) is 10.5. The fraction of sp³-hybridized carbons (Fsp3) is 0.120. The van der Waals surface area contributed by atoms with Gasteiger partial charge < -0.3 is 26.2 Å². The summed E-state index contributed by atoms with van der Waals surface area (Å²) in [6.45, 7) is 1.79. The number of carboxylic acid groups (broad SMARTS) is 1. The third kappa shape index (κ3) is 7.15. The van der Waals surface area contributed by atoms with Gasteiger partial charge in [0.2, 0.25) is 11.8 Å². The molecule has 0 saturated carbocycles. The van der Waals surface area contributed by atoms with E-state index in [1.54, 1.807) is 61.5 Å². The zero-order valence-corrected chi connectivity index (χ0v) is 20.3. The summed E-state index contributed by atoms with van der Waals surface area (Å²) in [4.78, 5) is 35.7. The number of carbonyl (C=O) groups is 3. The van der Waals surface area contributed by atoms with Crippen molar-refractivity contribution in [3.63, 3.8) is 0 Å². The molecule has 0 aliphatic carbocycles. The number of benzene rings is 3. The molecule has 0 radical (unpaired) electrons. The molecule has 180 valence electrons. The number of halogens is 1. The minimum Gasteiger partial charge on any atom is -0.478 e. The number of ether oxygens (including phenoxy) is 1. The molecular formula is C25H23BrN4O5. The number of nitrogens with one attached hydrogen (secondary N) is 3. The van der Waals surface area contributed by atoms with Crippen molar-refractivity contribution in [3.05, 3.63) is 87.9 Å². The number of carboxylic acids is 1. The molecule has 9 nitrogen and oxygen atoms in total. The summed E-state index contributed by atoms with van der Waals surface area (Å²) >= 11 is 3.44. The van der Waals surface area contributed by atoms with Crippen molar-refractivity contribution < 1.29 is 24.2 Å². The normalized spacial score (nSPS) is 11.3. The summed E-state index contributed by atoms with van der Waals surface area (Å²) in [5.74, 6) is -1.19. The molecule has 3 aromatic rings. The molecule has 0 saturated heterocycles. The number of hydrogen-bond acceptors (Lipinski definition) is 5. The zero-order chi connectivity index (χ0) is 25.5. The Bertz CT molecular complexity index is 1280. The number of carbonyl (C=O) groups excluding carboxylic acids is 2. The van der Waals surface area contributed by atoms with E-state index in [-0.39, 0.29) is 23.9 Å². The standard InChI is InChI=1S/C25H23BrN4O5/c1-14(29-22(31)13-23(32)30-18-8-5-15(6-9-18)24(27)28)16-7-10-21(20(26)12-16)35-19-4-2-3-17(11-19)25(33)34/h2-12,14H,13H2,1H3,(H3,27,28)(H,29,31)(H,30,32)(H,33,34)/t14-/m0/s1. The molecule has 10 heteroatoms. The Hall–Kier alpha value is -4.18. The Morgan fingerprint density at radius 3 is 2.37 bits per heavy atom. The second-order valence-corrected chi connectivity index (χ2v) is 8.48. The van der Waals surface area contributed by atoms with Crippen molar-refractivity contribution in [3.8, 4) is 11.5 Å². The van der Waals surface area contributed by atoms with Crippen LogP contribution in [0.1, 0.15) is 40.9 Å². The maximum Gasteiger partial charge on any atom is 0.335 e. The third-order valence-corrected chi connectivity index (χ3v) is 5.56. The number of anilines is 1. The lowest BCUT2D eigenvalue weighted by atomic mass is 10.1. The fourth-order valence-corrected chi connectivity index (χ4v) is 3.63. The lowest BCUT2D eigenvalue weighted by Gasteiger charge is -2.16. The molecule has 0 fully saturated rings. The van der Waals surface area contributed by atoms with Gasteiger partial charge in [0.15, 0.2) is 0 Å². The van der Waals surface area contributed by atoms with Crippen LogP contribution < -0.4 is 21.1 Å². The largest absolute Gasteiger partial charge is 0.478 e. The second kappa shape index (κ2) is 11.3. The Labute approximate surface area is 209 Å². The number of nitrogen functional groups attached to an aromatic ring is 1. The van der Waals surface area contributed by atoms with Gasteiger partial charge in [-0.3, -0.25) is 15.0 Å². The molecule has 0 aromatic heterocycles. The van der Waals surface area contributed by atoms with Crippen molar-refractivity contribution in [1.29, 1.82) is 5.41 Å². The summed E-state index contributed by atoms with van der Waals surface area (Å²) in [7, 11) is 0. The Kier molecular flexibility index (Phi) is 8.21. The first-order chi connectivity index (χ1) is 16.6. The lowest BCUT2D eigenvalue weighted by molar-refractivity contribution is -0.127. The van der Waals surface area contributed by atoms with Crippen LogP contribution in [-0.4, -0.2) is 28.7 Å². The number of rotatable bonds is 9. The van der Waals surface area contributed by atoms with E-state index in [1.165, 1.54) is 12.1 Å². The molecule has 6 N–H and O–H groups in total. The summed E-state index contributed by atoms with van der Waals surface area (Å²) < 4.78 is 6.39. The SMILES string of the molecule is C[C@H](NC(=O)CC(=O)Nc1ccc(C(=N)N)cc1)c1ccc(Oc2cccc(C(=O)O)c2)c(Br)c1. The molecule has 35 heavy (non-hydrogen) atoms. The molecule has 0 aliphatic heterocycles. The van der Waals surface area contributed by atoms with Crippen molar-refractivity contribution in [2.75, 3.05) is 5.32 Å². The van der Waals surface area contributed by atoms with E-state index in [0.29, 0.717) is 27.2 Å². The number of amides is 2. The van der Waals surface area contributed by atoms with E-state index in [1.807, 2.05) is 0 Å². The highest BCUT2D eigenvalue weighted by molar-refractivity contribution is 9.10. The van der Waals surface area contributed by atoms with Crippen molar-refractivity contribution in [2.24, 2.45) is 5.73 Å². The zero-order valence-electron chi connectivity index (χ0n) is 18.7. The highest BCUT2D eigenvalue weighted by Gasteiger charge is 2.15. The Morgan fingerprint density at radius 2 is 1.74 bits per heavy atom. The van der Waals surface area contributed by atoms with Crippen molar-refractivity contribution in [2.45, 2.75) is 19.4 Å². The number of hydrogen-bond donors (Lipinski definition) is 5. The molecule has 0 unspecified atom stereocenters. The van der Waals surface area contributed by atoms with Crippen LogP contribution in [0.2, 0.25) is 0 Å². The van der Waals surface area contributed by atoms with Gasteiger partial charge >= 0.3 is 5.97 Å². The van der Waals surface area contributed by atoms with Crippen LogP contribution in [-0.2, 0) is 9.59 Å². The average Bonchev–Trinajstić information content (AvgIpc) is 2.80. The van der Waals surface area contributed by atoms with E-state index < -0.39 is 17.8 Å². The van der Waals surface area contributed by atoms with Crippen LogP contribution in [0.5, 0.6) is 11.5 Å². The van der Waals surface area contributed by atoms with Gasteiger partial charge in [-0.1, -0.05) is 12.1 Å². The molecule has 1 atom stereocenters. The molecule has 2 amide bonds. The van der Waals surface area contributed by atoms with E-state index in [9.17, 15) is 14.4 Å². The molecule has 0 bridgehead atoms. The maximum atomic E-state index is 12.3. The monoisotopic (exact) mass is 538 g/mol. The van der Waals surface area contributed by atoms with Gasteiger partial charge in [0.1, 0.15) is 23.8 Å². The highest BCUT2D eigenvalue weighted by atomic mass is 79.9. The maximum absolute atomic E-state index is 12.3. The first kappa shape index (κ1) is 25.4. The van der Waals surface area contributed by atoms with Crippen LogP contribution in [0.4, 0.5) is 5.69 Å².